The number of hydrogen-bond donors (Lipinski definition) is 0. The van der Waals surface area contributed by atoms with Gasteiger partial charge in [-0.1, -0.05) is 52.8 Å². The predicted molar refractivity (Wildman–Crippen MR) is 104 cm³/mol. The highest BCUT2D eigenvalue weighted by atomic mass is 79.9. The summed E-state index contributed by atoms with van der Waals surface area (Å²) >= 11 is 3.35. The highest BCUT2D eigenvalue weighted by Gasteiger charge is 2.34. The van der Waals surface area contributed by atoms with Crippen LogP contribution in [0, 0.1) is 11.8 Å². The molecule has 1 atom stereocenters. The average molecular weight is 424 g/mol. The lowest BCUT2D eigenvalue weighted by atomic mass is 9.82. The Morgan fingerprint density at radius 1 is 1.23 bits per heavy atom. The largest absolute Gasteiger partial charge is 0.466 e. The summed E-state index contributed by atoms with van der Waals surface area (Å²) in [6, 6.07) is 9.62. The van der Waals surface area contributed by atoms with E-state index in [0.717, 1.165) is 22.9 Å². The van der Waals surface area contributed by atoms with E-state index in [-0.39, 0.29) is 30.5 Å². The summed E-state index contributed by atoms with van der Waals surface area (Å²) in [7, 11) is 0. The lowest BCUT2D eigenvalue weighted by Gasteiger charge is -2.34. The zero-order chi connectivity index (χ0) is 18.9. The number of benzene rings is 1. The Balaban J connectivity index is 1.84. The van der Waals surface area contributed by atoms with Crippen LogP contribution in [0.1, 0.15) is 31.7 Å². The monoisotopic (exact) mass is 423 g/mol. The van der Waals surface area contributed by atoms with E-state index in [2.05, 4.69) is 22.5 Å². The molecule has 142 valence electrons. The highest BCUT2D eigenvalue weighted by molar-refractivity contribution is 9.11. The van der Waals surface area contributed by atoms with Gasteiger partial charge < -0.3 is 14.4 Å². The first kappa shape index (κ1) is 20.5. The number of piperidine rings is 1. The smallest absolute Gasteiger partial charge is 0.410 e. The summed E-state index contributed by atoms with van der Waals surface area (Å²) in [5, 5.41) is 0. The van der Waals surface area contributed by atoms with Crippen LogP contribution >= 0.6 is 15.9 Å². The number of halogens is 1. The molecule has 1 fully saturated rings. The molecule has 0 N–H and O–H groups in total. The van der Waals surface area contributed by atoms with Crippen LogP contribution in [-0.2, 0) is 20.9 Å². The topological polar surface area (TPSA) is 55.8 Å². The lowest BCUT2D eigenvalue weighted by molar-refractivity contribution is -0.150. The maximum absolute atomic E-state index is 12.3. The van der Waals surface area contributed by atoms with Gasteiger partial charge >= 0.3 is 12.1 Å². The van der Waals surface area contributed by atoms with Crippen LogP contribution in [0.2, 0.25) is 0 Å². The third-order valence-corrected chi connectivity index (χ3v) is 4.93. The molecule has 1 aromatic rings. The van der Waals surface area contributed by atoms with Gasteiger partial charge in [-0.15, -0.1) is 0 Å². The summed E-state index contributed by atoms with van der Waals surface area (Å²) in [6.45, 7) is 7.48. The number of amides is 1. The molecule has 0 saturated carbocycles. The normalized spacial score (nSPS) is 16.0. The van der Waals surface area contributed by atoms with Gasteiger partial charge in [0.2, 0.25) is 0 Å². The molecule has 1 aromatic carbocycles. The summed E-state index contributed by atoms with van der Waals surface area (Å²) in [4.78, 5) is 26.2. The Bertz CT molecular complexity index is 611. The van der Waals surface area contributed by atoms with Crippen LogP contribution in [0.4, 0.5) is 4.79 Å². The second-order valence-electron chi connectivity index (χ2n) is 6.44. The van der Waals surface area contributed by atoms with Crippen molar-refractivity contribution in [2.24, 2.45) is 11.8 Å². The van der Waals surface area contributed by atoms with Gasteiger partial charge in [-0.25, -0.2) is 4.79 Å². The molecule has 1 amide bonds. The van der Waals surface area contributed by atoms with Crippen molar-refractivity contribution in [1.29, 1.82) is 0 Å². The van der Waals surface area contributed by atoms with E-state index in [9.17, 15) is 9.59 Å². The van der Waals surface area contributed by atoms with Crippen molar-refractivity contribution in [3.8, 4) is 0 Å². The fraction of sp³-hybridized carbons (Fsp3) is 0.500. The molecule has 1 saturated heterocycles. The molecular formula is C20H26BrNO4. The molecule has 1 aliphatic heterocycles. The van der Waals surface area contributed by atoms with Gasteiger partial charge in [-0.3, -0.25) is 4.79 Å². The molecule has 1 heterocycles. The highest BCUT2D eigenvalue weighted by Crippen LogP contribution is 2.32. The number of esters is 1. The molecule has 0 aliphatic carbocycles. The zero-order valence-corrected chi connectivity index (χ0v) is 16.7. The first-order valence-corrected chi connectivity index (χ1v) is 9.76. The minimum absolute atomic E-state index is 0.182. The zero-order valence-electron chi connectivity index (χ0n) is 15.2. The van der Waals surface area contributed by atoms with Crippen molar-refractivity contribution < 1.29 is 19.1 Å². The van der Waals surface area contributed by atoms with Crippen molar-refractivity contribution >= 4 is 28.0 Å². The SMILES string of the molecule is C=C(Br)CC(C(=O)OCC)C1CCN(C(=O)OCc2ccccc2)CC1. The van der Waals surface area contributed by atoms with E-state index in [4.69, 9.17) is 9.47 Å². The van der Waals surface area contributed by atoms with Crippen molar-refractivity contribution in [1.82, 2.24) is 4.90 Å². The number of ether oxygens (including phenoxy) is 2. The standard InChI is InChI=1S/C20H26BrNO4/c1-3-25-19(23)18(13-15(2)21)17-9-11-22(12-10-17)20(24)26-14-16-7-5-4-6-8-16/h4-8,17-18H,2-3,9-14H2,1H3. The number of allylic oxidation sites excluding steroid dienone is 1. The van der Waals surface area contributed by atoms with Gasteiger partial charge in [0.25, 0.3) is 0 Å². The molecule has 26 heavy (non-hydrogen) atoms. The maximum atomic E-state index is 12.3. The number of likely N-dealkylation sites (tertiary alicyclic amines) is 1. The number of nitrogens with zero attached hydrogens (tertiary/aromatic N) is 1. The number of carbonyl (C=O) groups excluding carboxylic acids is 2. The summed E-state index contributed by atoms with van der Waals surface area (Å²) < 4.78 is 11.4. The van der Waals surface area contributed by atoms with Crippen molar-refractivity contribution in [3.63, 3.8) is 0 Å². The molecule has 6 heteroatoms. The molecule has 0 radical (unpaired) electrons. The molecule has 0 aromatic heterocycles. The second kappa shape index (κ2) is 10.4. The minimum Gasteiger partial charge on any atom is -0.466 e. The number of hydrogen-bond acceptors (Lipinski definition) is 4. The van der Waals surface area contributed by atoms with Crippen molar-refractivity contribution in [2.45, 2.75) is 32.8 Å². The quantitative estimate of drug-likeness (QED) is 0.605. The van der Waals surface area contributed by atoms with E-state index in [1.807, 2.05) is 37.3 Å². The van der Waals surface area contributed by atoms with Crippen molar-refractivity contribution in [2.75, 3.05) is 19.7 Å². The van der Waals surface area contributed by atoms with Gasteiger partial charge in [-0.2, -0.15) is 0 Å². The fourth-order valence-electron chi connectivity index (χ4n) is 3.23. The molecule has 1 aliphatic rings. The first-order chi connectivity index (χ1) is 12.5. The maximum Gasteiger partial charge on any atom is 0.410 e. The Morgan fingerprint density at radius 3 is 2.46 bits per heavy atom. The van der Waals surface area contributed by atoms with Crippen LogP contribution in [0.25, 0.3) is 0 Å². The van der Waals surface area contributed by atoms with Crippen LogP contribution in [-0.4, -0.2) is 36.7 Å². The first-order valence-electron chi connectivity index (χ1n) is 8.96. The predicted octanol–water partition coefficient (Wildman–Crippen LogP) is 4.51. The van der Waals surface area contributed by atoms with E-state index >= 15 is 0 Å². The molecule has 1 unspecified atom stereocenters. The average Bonchev–Trinajstić information content (AvgIpc) is 2.65. The molecule has 2 rings (SSSR count). The van der Waals surface area contributed by atoms with E-state index in [1.54, 1.807) is 4.90 Å². The third kappa shape index (κ3) is 6.16. The van der Waals surface area contributed by atoms with Gasteiger partial charge in [0.1, 0.15) is 6.61 Å². The summed E-state index contributed by atoms with van der Waals surface area (Å²) in [5.74, 6) is -0.218. The minimum atomic E-state index is -0.301. The molecule has 5 nitrogen and oxygen atoms in total. The Hall–Kier alpha value is -1.82. The van der Waals surface area contributed by atoms with E-state index in [1.165, 1.54) is 0 Å². The number of rotatable bonds is 7. The van der Waals surface area contributed by atoms with Gasteiger partial charge in [0.05, 0.1) is 12.5 Å². The third-order valence-electron chi connectivity index (χ3n) is 4.60. The second-order valence-corrected chi connectivity index (χ2v) is 7.57. The van der Waals surface area contributed by atoms with E-state index < -0.39 is 0 Å². The van der Waals surface area contributed by atoms with Gasteiger partial charge in [0, 0.05) is 13.1 Å². The van der Waals surface area contributed by atoms with Gasteiger partial charge in [0.15, 0.2) is 0 Å². The molecular weight excluding hydrogens is 398 g/mol. The van der Waals surface area contributed by atoms with Gasteiger partial charge in [-0.05, 0) is 42.1 Å². The number of carbonyl (C=O) groups is 2. The summed E-state index contributed by atoms with van der Waals surface area (Å²) in [6.07, 6.45) is 1.76. The van der Waals surface area contributed by atoms with Crippen LogP contribution in [0.3, 0.4) is 0 Å². The van der Waals surface area contributed by atoms with Crippen LogP contribution < -0.4 is 0 Å². The molecule has 0 spiro atoms. The molecule has 0 bridgehead atoms. The Morgan fingerprint density at radius 2 is 1.88 bits per heavy atom. The van der Waals surface area contributed by atoms with E-state index in [0.29, 0.717) is 26.1 Å². The van der Waals surface area contributed by atoms with Crippen LogP contribution in [0.15, 0.2) is 41.4 Å². The Labute approximate surface area is 163 Å². The van der Waals surface area contributed by atoms with Crippen LogP contribution in [0.5, 0.6) is 0 Å². The van der Waals surface area contributed by atoms with Crippen molar-refractivity contribution in [3.05, 3.63) is 47.0 Å². The summed E-state index contributed by atoms with van der Waals surface area (Å²) in [5.41, 5.74) is 0.967. The fourth-order valence-corrected chi connectivity index (χ4v) is 3.57. The lowest BCUT2D eigenvalue weighted by Crippen LogP contribution is -2.41. The Kier molecular flexibility index (Phi) is 8.16.